The Bertz CT molecular complexity index is 477. The molecule has 1 N–H and O–H groups in total. The predicted octanol–water partition coefficient (Wildman–Crippen LogP) is 1.76. The fraction of sp³-hybridized carbons (Fsp3) is 0.462. The molecule has 0 aliphatic heterocycles. The van der Waals surface area contributed by atoms with E-state index in [0.717, 1.165) is 12.2 Å². The molecular weight excluding hydrogens is 226 g/mol. The summed E-state index contributed by atoms with van der Waals surface area (Å²) in [6, 6.07) is 4.61. The van der Waals surface area contributed by atoms with Gasteiger partial charge in [-0.25, -0.2) is 9.67 Å². The molecule has 0 aliphatic rings. The zero-order valence-corrected chi connectivity index (χ0v) is 11.0. The second kappa shape index (κ2) is 5.73. The lowest BCUT2D eigenvalue weighted by molar-refractivity contribution is 0.477. The van der Waals surface area contributed by atoms with E-state index in [1.54, 1.807) is 6.33 Å². The summed E-state index contributed by atoms with van der Waals surface area (Å²) in [5.41, 5.74) is 1.21. The molecule has 5 nitrogen and oxygen atoms in total. The van der Waals surface area contributed by atoms with E-state index in [4.69, 9.17) is 0 Å². The van der Waals surface area contributed by atoms with Crippen molar-refractivity contribution >= 4 is 0 Å². The Morgan fingerprint density at radius 1 is 1.28 bits per heavy atom. The van der Waals surface area contributed by atoms with Gasteiger partial charge < -0.3 is 5.32 Å². The highest BCUT2D eigenvalue weighted by molar-refractivity contribution is 5.16. The molecule has 18 heavy (non-hydrogen) atoms. The molecule has 0 spiro atoms. The molecule has 0 fully saturated rings. The molecule has 0 aromatic carbocycles. The fourth-order valence-corrected chi connectivity index (χ4v) is 2.02. The number of aromatic nitrogens is 4. The van der Waals surface area contributed by atoms with Crippen LogP contribution in [-0.4, -0.2) is 26.8 Å². The van der Waals surface area contributed by atoms with Gasteiger partial charge in [0.15, 0.2) is 0 Å². The molecule has 0 saturated carbocycles. The van der Waals surface area contributed by atoms with E-state index in [-0.39, 0.29) is 6.04 Å². The third-order valence-corrected chi connectivity index (χ3v) is 2.98. The molecule has 1 atom stereocenters. The highest BCUT2D eigenvalue weighted by Crippen LogP contribution is 2.17. The van der Waals surface area contributed by atoms with E-state index in [9.17, 15) is 0 Å². The number of hydrogen-bond acceptors (Lipinski definition) is 4. The lowest BCUT2D eigenvalue weighted by atomic mass is 10.1. The van der Waals surface area contributed by atoms with E-state index >= 15 is 0 Å². The molecule has 2 heterocycles. The molecule has 2 aromatic heterocycles. The van der Waals surface area contributed by atoms with Crippen molar-refractivity contribution in [2.24, 2.45) is 0 Å². The lowest BCUT2D eigenvalue weighted by Crippen LogP contribution is -2.21. The minimum Gasteiger partial charge on any atom is -0.313 e. The summed E-state index contributed by atoms with van der Waals surface area (Å²) in [6.07, 6.45) is 6.06. The number of likely N-dealkylation sites (N-methyl/N-ethyl adjacent to an activating group) is 1. The van der Waals surface area contributed by atoms with Gasteiger partial charge in [0.25, 0.3) is 0 Å². The Hall–Kier alpha value is -1.75. The van der Waals surface area contributed by atoms with Crippen molar-refractivity contribution < 1.29 is 0 Å². The number of rotatable bonds is 5. The van der Waals surface area contributed by atoms with E-state index in [2.05, 4.69) is 34.2 Å². The zero-order chi connectivity index (χ0) is 13.0. The topological polar surface area (TPSA) is 55.6 Å². The van der Waals surface area contributed by atoms with Crippen molar-refractivity contribution in [2.75, 3.05) is 7.05 Å². The van der Waals surface area contributed by atoms with Crippen molar-refractivity contribution in [1.82, 2.24) is 25.1 Å². The van der Waals surface area contributed by atoms with Gasteiger partial charge in [-0.05, 0) is 38.6 Å². The van der Waals surface area contributed by atoms with Crippen LogP contribution in [-0.2, 0) is 6.42 Å². The van der Waals surface area contributed by atoms with E-state index in [0.29, 0.717) is 6.04 Å². The minimum atomic E-state index is 0.231. The number of nitrogens with one attached hydrogen (secondary N) is 1. The van der Waals surface area contributed by atoms with Gasteiger partial charge in [-0.1, -0.05) is 0 Å². The highest BCUT2D eigenvalue weighted by Gasteiger charge is 2.15. The van der Waals surface area contributed by atoms with Crippen LogP contribution in [0.15, 0.2) is 30.9 Å². The van der Waals surface area contributed by atoms with Gasteiger partial charge in [-0.15, -0.1) is 0 Å². The fourth-order valence-electron chi connectivity index (χ4n) is 2.02. The SMILES string of the molecule is CNC(Cc1ncnn1C(C)C)c1ccncc1. The van der Waals surface area contributed by atoms with Crippen molar-refractivity contribution in [1.29, 1.82) is 0 Å². The maximum atomic E-state index is 4.35. The van der Waals surface area contributed by atoms with Crippen LogP contribution in [0.1, 0.15) is 37.3 Å². The largest absolute Gasteiger partial charge is 0.313 e. The number of hydrogen-bond donors (Lipinski definition) is 1. The first-order valence-corrected chi connectivity index (χ1v) is 6.18. The average molecular weight is 245 g/mol. The molecule has 0 radical (unpaired) electrons. The van der Waals surface area contributed by atoms with Crippen LogP contribution >= 0.6 is 0 Å². The molecule has 96 valence electrons. The standard InChI is InChI=1S/C13H19N5/c1-10(2)18-13(16-9-17-18)8-12(14-3)11-4-6-15-7-5-11/h4-7,9-10,12,14H,8H2,1-3H3. The number of pyridine rings is 1. The maximum Gasteiger partial charge on any atom is 0.138 e. The summed E-state index contributed by atoms with van der Waals surface area (Å²) in [6.45, 7) is 4.22. The molecule has 1 unspecified atom stereocenters. The maximum absolute atomic E-state index is 4.35. The summed E-state index contributed by atoms with van der Waals surface area (Å²) in [7, 11) is 1.96. The van der Waals surface area contributed by atoms with Gasteiger partial charge in [0.2, 0.25) is 0 Å². The summed E-state index contributed by atoms with van der Waals surface area (Å²) >= 11 is 0. The van der Waals surface area contributed by atoms with Gasteiger partial charge in [0.1, 0.15) is 12.2 Å². The second-order valence-electron chi connectivity index (χ2n) is 4.54. The molecule has 0 aliphatic carbocycles. The minimum absolute atomic E-state index is 0.231. The monoisotopic (exact) mass is 245 g/mol. The molecule has 0 bridgehead atoms. The summed E-state index contributed by atoms with van der Waals surface area (Å²) in [4.78, 5) is 8.39. The highest BCUT2D eigenvalue weighted by atomic mass is 15.3. The first kappa shape index (κ1) is 12.7. The molecule has 0 saturated heterocycles. The molecule has 2 rings (SSSR count). The third kappa shape index (κ3) is 2.73. The van der Waals surface area contributed by atoms with Crippen LogP contribution in [0.25, 0.3) is 0 Å². The van der Waals surface area contributed by atoms with Crippen LogP contribution < -0.4 is 5.32 Å². The summed E-state index contributed by atoms with van der Waals surface area (Å²) in [5.74, 6) is 1.00. The zero-order valence-electron chi connectivity index (χ0n) is 11.0. The van der Waals surface area contributed by atoms with Crippen LogP contribution in [0.4, 0.5) is 0 Å². The Balaban J connectivity index is 2.18. The van der Waals surface area contributed by atoms with E-state index in [1.165, 1.54) is 5.56 Å². The lowest BCUT2D eigenvalue weighted by Gasteiger charge is -2.17. The van der Waals surface area contributed by atoms with Gasteiger partial charge in [0, 0.05) is 30.9 Å². The van der Waals surface area contributed by atoms with E-state index < -0.39 is 0 Å². The van der Waals surface area contributed by atoms with Crippen molar-refractivity contribution in [2.45, 2.75) is 32.4 Å². The predicted molar refractivity (Wildman–Crippen MR) is 70.1 cm³/mol. The van der Waals surface area contributed by atoms with Crippen LogP contribution in [0.2, 0.25) is 0 Å². The van der Waals surface area contributed by atoms with Gasteiger partial charge in [-0.2, -0.15) is 5.10 Å². The number of nitrogens with zero attached hydrogens (tertiary/aromatic N) is 4. The molecule has 0 amide bonds. The van der Waals surface area contributed by atoms with Crippen molar-refractivity contribution in [3.05, 3.63) is 42.2 Å². The molecular formula is C13H19N5. The van der Waals surface area contributed by atoms with Crippen LogP contribution in [0.5, 0.6) is 0 Å². The van der Waals surface area contributed by atoms with Gasteiger partial charge in [0.05, 0.1) is 0 Å². The Kier molecular flexibility index (Phi) is 4.04. The summed E-state index contributed by atoms with van der Waals surface area (Å²) < 4.78 is 1.96. The average Bonchev–Trinajstić information content (AvgIpc) is 2.85. The first-order valence-electron chi connectivity index (χ1n) is 6.18. The van der Waals surface area contributed by atoms with Crippen LogP contribution in [0, 0.1) is 0 Å². The van der Waals surface area contributed by atoms with Gasteiger partial charge >= 0.3 is 0 Å². The van der Waals surface area contributed by atoms with Gasteiger partial charge in [-0.3, -0.25) is 4.98 Å². The van der Waals surface area contributed by atoms with Crippen molar-refractivity contribution in [3.63, 3.8) is 0 Å². The van der Waals surface area contributed by atoms with E-state index in [1.807, 2.05) is 36.3 Å². The molecule has 5 heteroatoms. The molecule has 2 aromatic rings. The smallest absolute Gasteiger partial charge is 0.138 e. The Morgan fingerprint density at radius 3 is 2.61 bits per heavy atom. The Morgan fingerprint density at radius 2 is 2.00 bits per heavy atom. The van der Waals surface area contributed by atoms with Crippen molar-refractivity contribution in [3.8, 4) is 0 Å². The van der Waals surface area contributed by atoms with Crippen LogP contribution in [0.3, 0.4) is 0 Å². The third-order valence-electron chi connectivity index (χ3n) is 2.98. The first-order chi connectivity index (χ1) is 8.72. The quantitative estimate of drug-likeness (QED) is 0.872. The second-order valence-corrected chi connectivity index (χ2v) is 4.54. The summed E-state index contributed by atoms with van der Waals surface area (Å²) in [5, 5.41) is 7.58. The Labute approximate surface area is 107 Å². The normalized spacial score (nSPS) is 12.9.